The summed E-state index contributed by atoms with van der Waals surface area (Å²) in [7, 11) is 1.33. The number of ether oxygens (including phenoxy) is 2. The lowest BCUT2D eigenvalue weighted by Crippen LogP contribution is -2.13. The molecule has 0 saturated carbocycles. The Labute approximate surface area is 167 Å². The molecule has 7 heteroatoms. The Morgan fingerprint density at radius 2 is 1.93 bits per heavy atom. The van der Waals surface area contributed by atoms with Crippen LogP contribution >= 0.6 is 11.3 Å². The van der Waals surface area contributed by atoms with E-state index in [9.17, 15) is 9.59 Å². The van der Waals surface area contributed by atoms with E-state index < -0.39 is 5.97 Å². The number of anilines is 1. The van der Waals surface area contributed by atoms with Gasteiger partial charge in [0.25, 0.3) is 5.91 Å². The minimum Gasteiger partial charge on any atom is -0.487 e. The Bertz CT molecular complexity index is 1010. The topological polar surface area (TPSA) is 77.5 Å². The molecule has 0 aliphatic heterocycles. The van der Waals surface area contributed by atoms with Crippen LogP contribution in [0.1, 0.15) is 37.0 Å². The number of nitrogens with one attached hydrogen (secondary N) is 1. The van der Waals surface area contributed by atoms with E-state index in [1.807, 2.05) is 19.2 Å². The van der Waals surface area contributed by atoms with E-state index in [1.165, 1.54) is 7.11 Å². The van der Waals surface area contributed by atoms with Crippen LogP contribution in [-0.2, 0) is 11.3 Å². The third-order valence-corrected chi connectivity index (χ3v) is 4.87. The highest BCUT2D eigenvalue weighted by Gasteiger charge is 2.12. The molecule has 3 aromatic rings. The van der Waals surface area contributed by atoms with Crippen molar-refractivity contribution in [3.05, 3.63) is 75.2 Å². The monoisotopic (exact) mass is 396 g/mol. The van der Waals surface area contributed by atoms with Gasteiger partial charge in [0.2, 0.25) is 0 Å². The number of aromatic nitrogens is 1. The number of methoxy groups -OCH3 is 1. The number of carbonyl (C=O) groups is 2. The Kier molecular flexibility index (Phi) is 6.06. The lowest BCUT2D eigenvalue weighted by atomic mass is 10.1. The Hall–Kier alpha value is -3.19. The summed E-state index contributed by atoms with van der Waals surface area (Å²) in [6.45, 7) is 4.11. The molecule has 0 spiro atoms. The highest BCUT2D eigenvalue weighted by molar-refractivity contribution is 7.09. The van der Waals surface area contributed by atoms with Gasteiger partial charge < -0.3 is 14.8 Å². The van der Waals surface area contributed by atoms with Gasteiger partial charge in [-0.15, -0.1) is 11.3 Å². The molecule has 2 aromatic carbocycles. The molecule has 1 aromatic heterocycles. The van der Waals surface area contributed by atoms with Crippen LogP contribution in [0.15, 0.2) is 47.8 Å². The summed E-state index contributed by atoms with van der Waals surface area (Å²) < 4.78 is 10.4. The van der Waals surface area contributed by atoms with Crippen molar-refractivity contribution in [1.29, 1.82) is 0 Å². The van der Waals surface area contributed by atoms with Crippen LogP contribution in [0.4, 0.5) is 5.69 Å². The van der Waals surface area contributed by atoms with Crippen LogP contribution in [0.3, 0.4) is 0 Å². The predicted molar refractivity (Wildman–Crippen MR) is 108 cm³/mol. The van der Waals surface area contributed by atoms with E-state index in [0.29, 0.717) is 29.2 Å². The van der Waals surface area contributed by atoms with Crippen LogP contribution in [0, 0.1) is 13.8 Å². The highest BCUT2D eigenvalue weighted by atomic mass is 32.1. The molecule has 0 bridgehead atoms. The summed E-state index contributed by atoms with van der Waals surface area (Å²) in [6.07, 6.45) is 0. The first-order valence-electron chi connectivity index (χ1n) is 8.60. The van der Waals surface area contributed by atoms with E-state index in [2.05, 4.69) is 10.3 Å². The first-order chi connectivity index (χ1) is 13.5. The summed E-state index contributed by atoms with van der Waals surface area (Å²) in [5, 5.41) is 5.80. The zero-order chi connectivity index (χ0) is 20.1. The molecule has 28 heavy (non-hydrogen) atoms. The third kappa shape index (κ3) is 4.75. The van der Waals surface area contributed by atoms with E-state index in [0.717, 1.165) is 16.3 Å². The average Bonchev–Trinajstić information content (AvgIpc) is 3.12. The van der Waals surface area contributed by atoms with Gasteiger partial charge in [0, 0.05) is 16.6 Å². The zero-order valence-electron chi connectivity index (χ0n) is 15.8. The second-order valence-corrected chi connectivity index (χ2v) is 7.21. The Balaban J connectivity index is 1.68. The molecule has 1 N–H and O–H groups in total. The number of nitrogens with zero attached hydrogens (tertiary/aromatic N) is 1. The number of amides is 1. The van der Waals surface area contributed by atoms with Gasteiger partial charge in [-0.25, -0.2) is 9.78 Å². The number of rotatable bonds is 6. The third-order valence-electron chi connectivity index (χ3n) is 4.05. The first-order valence-corrected chi connectivity index (χ1v) is 9.48. The average molecular weight is 396 g/mol. The minimum atomic E-state index is -0.416. The van der Waals surface area contributed by atoms with E-state index in [4.69, 9.17) is 9.47 Å². The number of aryl methyl sites for hydroxylation is 2. The van der Waals surface area contributed by atoms with Gasteiger partial charge >= 0.3 is 5.97 Å². The molecule has 0 aliphatic carbocycles. The predicted octanol–water partition coefficient (Wildman–Crippen LogP) is 4.38. The standard InChI is InChI=1S/C21H20N2O4S/c1-13-9-16(21(25)26-3)7-8-19(13)23-20(24)15-5-4-6-18(10-15)27-11-17-12-28-14(2)22-17/h4-10,12H,11H2,1-3H3,(H,23,24). The van der Waals surface area contributed by atoms with Crippen molar-refractivity contribution < 1.29 is 19.1 Å². The molecular formula is C21H20N2O4S. The van der Waals surface area contributed by atoms with Crippen molar-refractivity contribution in [2.45, 2.75) is 20.5 Å². The van der Waals surface area contributed by atoms with Crippen molar-refractivity contribution in [3.63, 3.8) is 0 Å². The van der Waals surface area contributed by atoms with Crippen LogP contribution in [0.25, 0.3) is 0 Å². The second-order valence-electron chi connectivity index (χ2n) is 6.15. The lowest BCUT2D eigenvalue weighted by Gasteiger charge is -2.11. The SMILES string of the molecule is COC(=O)c1ccc(NC(=O)c2cccc(OCc3csc(C)n3)c2)c(C)c1. The van der Waals surface area contributed by atoms with Gasteiger partial charge in [0.1, 0.15) is 12.4 Å². The Morgan fingerprint density at radius 1 is 1.11 bits per heavy atom. The van der Waals surface area contributed by atoms with Crippen molar-refractivity contribution >= 4 is 28.9 Å². The fraction of sp³-hybridized carbons (Fsp3) is 0.190. The number of hydrogen-bond donors (Lipinski definition) is 1. The summed E-state index contributed by atoms with van der Waals surface area (Å²) in [4.78, 5) is 28.6. The van der Waals surface area contributed by atoms with Gasteiger partial charge in [-0.1, -0.05) is 6.07 Å². The largest absolute Gasteiger partial charge is 0.487 e. The molecule has 0 unspecified atom stereocenters. The van der Waals surface area contributed by atoms with Gasteiger partial charge in [0.15, 0.2) is 0 Å². The molecule has 3 rings (SSSR count). The summed E-state index contributed by atoms with van der Waals surface area (Å²) in [5.41, 5.74) is 3.16. The molecule has 6 nitrogen and oxygen atoms in total. The molecule has 144 valence electrons. The molecule has 0 radical (unpaired) electrons. The summed E-state index contributed by atoms with van der Waals surface area (Å²) >= 11 is 1.57. The van der Waals surface area contributed by atoms with Crippen molar-refractivity contribution in [2.75, 3.05) is 12.4 Å². The molecule has 0 saturated heterocycles. The van der Waals surface area contributed by atoms with Crippen molar-refractivity contribution in [2.24, 2.45) is 0 Å². The van der Waals surface area contributed by atoms with E-state index >= 15 is 0 Å². The fourth-order valence-corrected chi connectivity index (χ4v) is 3.20. The smallest absolute Gasteiger partial charge is 0.337 e. The van der Waals surface area contributed by atoms with Crippen LogP contribution in [0.5, 0.6) is 5.75 Å². The highest BCUT2D eigenvalue weighted by Crippen LogP contribution is 2.20. The number of esters is 1. The molecule has 0 fully saturated rings. The zero-order valence-corrected chi connectivity index (χ0v) is 16.6. The van der Waals surface area contributed by atoms with Crippen molar-refractivity contribution in [1.82, 2.24) is 4.98 Å². The van der Waals surface area contributed by atoms with Crippen LogP contribution in [0.2, 0.25) is 0 Å². The number of carbonyl (C=O) groups excluding carboxylic acids is 2. The normalized spacial score (nSPS) is 10.4. The Morgan fingerprint density at radius 3 is 2.61 bits per heavy atom. The van der Waals surface area contributed by atoms with Gasteiger partial charge in [-0.2, -0.15) is 0 Å². The number of benzene rings is 2. The second kappa shape index (κ2) is 8.67. The molecule has 1 amide bonds. The minimum absolute atomic E-state index is 0.260. The van der Waals surface area contributed by atoms with Gasteiger partial charge in [-0.3, -0.25) is 4.79 Å². The quantitative estimate of drug-likeness (QED) is 0.626. The summed E-state index contributed by atoms with van der Waals surface area (Å²) in [6, 6.07) is 11.9. The van der Waals surface area contributed by atoms with Crippen molar-refractivity contribution in [3.8, 4) is 5.75 Å². The maximum Gasteiger partial charge on any atom is 0.337 e. The summed E-state index contributed by atoms with van der Waals surface area (Å²) in [5.74, 6) is -0.0823. The molecule has 1 heterocycles. The number of thiazole rings is 1. The fourth-order valence-electron chi connectivity index (χ4n) is 2.60. The maximum atomic E-state index is 12.6. The van der Waals surface area contributed by atoms with E-state index in [1.54, 1.807) is 53.8 Å². The van der Waals surface area contributed by atoms with Gasteiger partial charge in [0.05, 0.1) is 23.4 Å². The van der Waals surface area contributed by atoms with Crippen LogP contribution < -0.4 is 10.1 Å². The van der Waals surface area contributed by atoms with Gasteiger partial charge in [-0.05, 0) is 55.8 Å². The van der Waals surface area contributed by atoms with Crippen LogP contribution in [-0.4, -0.2) is 24.0 Å². The number of hydrogen-bond acceptors (Lipinski definition) is 6. The first kappa shape index (κ1) is 19.6. The molecule has 0 aliphatic rings. The molecular weight excluding hydrogens is 376 g/mol. The maximum absolute atomic E-state index is 12.6. The van der Waals surface area contributed by atoms with E-state index in [-0.39, 0.29) is 5.91 Å². The molecule has 0 atom stereocenters. The lowest BCUT2D eigenvalue weighted by molar-refractivity contribution is 0.0600.